The van der Waals surface area contributed by atoms with Gasteiger partial charge in [-0.25, -0.2) is 4.98 Å². The zero-order valence-corrected chi connectivity index (χ0v) is 15.4. The van der Waals surface area contributed by atoms with Crippen molar-refractivity contribution < 1.29 is 9.21 Å². The van der Waals surface area contributed by atoms with Crippen LogP contribution < -0.4 is 5.32 Å². The minimum absolute atomic E-state index is 0.0396. The number of hydrogen-bond acceptors (Lipinski definition) is 4. The number of aromatic nitrogens is 1. The fourth-order valence-corrected chi connectivity index (χ4v) is 3.44. The van der Waals surface area contributed by atoms with Gasteiger partial charge in [-0.05, 0) is 36.6 Å². The number of furan rings is 1. The number of nitrogens with one attached hydrogen (secondary N) is 1. The Morgan fingerprint density at radius 2 is 1.92 bits per heavy atom. The van der Waals surface area contributed by atoms with Crippen molar-refractivity contribution >= 4 is 22.4 Å². The molecule has 0 unspecified atom stereocenters. The summed E-state index contributed by atoms with van der Waals surface area (Å²) in [5.41, 5.74) is 2.60. The molecule has 0 radical (unpaired) electrons. The first-order chi connectivity index (χ1) is 12.1. The average molecular weight is 354 g/mol. The monoisotopic (exact) mass is 354 g/mol. The number of carbonyl (C=O) groups is 1. The fraction of sp³-hybridized carbons (Fsp3) is 0.300. The Morgan fingerprint density at radius 1 is 1.16 bits per heavy atom. The van der Waals surface area contributed by atoms with Crippen LogP contribution in [-0.4, -0.2) is 10.9 Å². The Kier molecular flexibility index (Phi) is 5.66. The lowest BCUT2D eigenvalue weighted by Gasteiger charge is -2.01. The van der Waals surface area contributed by atoms with Crippen LogP contribution in [0.15, 0.2) is 47.0 Å². The molecule has 1 N–H and O–H groups in total. The van der Waals surface area contributed by atoms with Crippen LogP contribution in [0, 0.1) is 6.92 Å². The molecule has 0 aliphatic rings. The van der Waals surface area contributed by atoms with Gasteiger partial charge in [0, 0.05) is 30.3 Å². The van der Waals surface area contributed by atoms with Crippen LogP contribution >= 0.6 is 11.3 Å². The van der Waals surface area contributed by atoms with Gasteiger partial charge in [0.1, 0.15) is 11.5 Å². The van der Waals surface area contributed by atoms with E-state index in [-0.39, 0.29) is 5.91 Å². The molecule has 0 saturated carbocycles. The standard InChI is InChI=1S/C20H22N2O2S/c1-3-15-5-7-16(8-6-15)12-18-13-21-20(25-18)22-19(23)11-10-17-9-4-14(2)24-17/h4-9,13H,3,10-12H2,1-2H3,(H,21,22,23). The highest BCUT2D eigenvalue weighted by molar-refractivity contribution is 7.15. The summed E-state index contributed by atoms with van der Waals surface area (Å²) in [6.45, 7) is 4.05. The highest BCUT2D eigenvalue weighted by Gasteiger charge is 2.09. The predicted octanol–water partition coefficient (Wildman–Crippen LogP) is 4.77. The maximum Gasteiger partial charge on any atom is 0.226 e. The second kappa shape index (κ2) is 8.12. The first-order valence-corrected chi connectivity index (χ1v) is 9.31. The highest BCUT2D eigenvalue weighted by atomic mass is 32.1. The lowest BCUT2D eigenvalue weighted by Crippen LogP contribution is -2.11. The Labute approximate surface area is 151 Å². The van der Waals surface area contributed by atoms with Crippen molar-refractivity contribution in [2.75, 3.05) is 5.32 Å². The molecule has 25 heavy (non-hydrogen) atoms. The zero-order valence-electron chi connectivity index (χ0n) is 14.5. The second-order valence-corrected chi connectivity index (χ2v) is 7.15. The minimum atomic E-state index is -0.0396. The summed E-state index contributed by atoms with van der Waals surface area (Å²) in [5, 5.41) is 3.52. The molecule has 0 spiro atoms. The molecule has 1 aromatic carbocycles. The smallest absolute Gasteiger partial charge is 0.226 e. The number of benzene rings is 1. The average Bonchev–Trinajstić information content (AvgIpc) is 3.22. The second-order valence-electron chi connectivity index (χ2n) is 6.04. The number of nitrogens with zero attached hydrogens (tertiary/aromatic N) is 1. The summed E-state index contributed by atoms with van der Waals surface area (Å²) < 4.78 is 5.48. The molecule has 0 atom stereocenters. The van der Waals surface area contributed by atoms with Gasteiger partial charge in [-0.2, -0.15) is 0 Å². The molecule has 2 heterocycles. The molecule has 4 nitrogen and oxygen atoms in total. The van der Waals surface area contributed by atoms with Crippen LogP contribution in [0.1, 0.15) is 40.9 Å². The third kappa shape index (κ3) is 5.03. The van der Waals surface area contributed by atoms with Crippen molar-refractivity contribution in [2.45, 2.75) is 39.5 Å². The molecule has 0 aliphatic carbocycles. The van der Waals surface area contributed by atoms with E-state index < -0.39 is 0 Å². The molecule has 5 heteroatoms. The summed E-state index contributed by atoms with van der Waals surface area (Å²) >= 11 is 1.53. The fourth-order valence-electron chi connectivity index (χ4n) is 2.58. The van der Waals surface area contributed by atoms with Crippen molar-refractivity contribution in [3.8, 4) is 0 Å². The molecule has 2 aromatic heterocycles. The molecule has 0 aliphatic heterocycles. The third-order valence-corrected chi connectivity index (χ3v) is 4.92. The first-order valence-electron chi connectivity index (χ1n) is 8.50. The SMILES string of the molecule is CCc1ccc(Cc2cnc(NC(=O)CCc3ccc(C)o3)s2)cc1. The van der Waals surface area contributed by atoms with Crippen molar-refractivity contribution in [1.29, 1.82) is 0 Å². The van der Waals surface area contributed by atoms with Crippen molar-refractivity contribution in [3.05, 3.63) is 70.1 Å². The third-order valence-electron chi connectivity index (χ3n) is 4.00. The van der Waals surface area contributed by atoms with Gasteiger partial charge < -0.3 is 9.73 Å². The number of carbonyl (C=O) groups excluding carboxylic acids is 1. The van der Waals surface area contributed by atoms with Crippen LogP contribution in [0.4, 0.5) is 5.13 Å². The van der Waals surface area contributed by atoms with E-state index in [1.165, 1.54) is 22.5 Å². The summed E-state index contributed by atoms with van der Waals surface area (Å²) in [4.78, 5) is 17.5. The van der Waals surface area contributed by atoms with Gasteiger partial charge in [0.15, 0.2) is 5.13 Å². The van der Waals surface area contributed by atoms with Crippen LogP contribution in [0.25, 0.3) is 0 Å². The van der Waals surface area contributed by atoms with Gasteiger partial charge in [0.05, 0.1) is 0 Å². The van der Waals surface area contributed by atoms with Crippen molar-refractivity contribution in [3.63, 3.8) is 0 Å². The van der Waals surface area contributed by atoms with Crippen LogP contribution in [0.3, 0.4) is 0 Å². The van der Waals surface area contributed by atoms with E-state index in [1.54, 1.807) is 0 Å². The summed E-state index contributed by atoms with van der Waals surface area (Å²) in [6.07, 6.45) is 4.71. The quantitative estimate of drug-likeness (QED) is 0.665. The molecule has 1 amide bonds. The van der Waals surface area contributed by atoms with Gasteiger partial charge >= 0.3 is 0 Å². The largest absolute Gasteiger partial charge is 0.466 e. The molecule has 0 bridgehead atoms. The topological polar surface area (TPSA) is 55.1 Å². The van der Waals surface area contributed by atoms with Gasteiger partial charge in [0.2, 0.25) is 5.91 Å². The van der Waals surface area contributed by atoms with Gasteiger partial charge in [-0.15, -0.1) is 11.3 Å². The summed E-state index contributed by atoms with van der Waals surface area (Å²) in [6, 6.07) is 12.5. The predicted molar refractivity (Wildman–Crippen MR) is 101 cm³/mol. The van der Waals surface area contributed by atoms with Crippen molar-refractivity contribution in [2.24, 2.45) is 0 Å². The summed E-state index contributed by atoms with van der Waals surface area (Å²) in [5.74, 6) is 1.66. The highest BCUT2D eigenvalue weighted by Crippen LogP contribution is 2.22. The van der Waals surface area contributed by atoms with E-state index in [1.807, 2.05) is 25.3 Å². The lowest BCUT2D eigenvalue weighted by molar-refractivity contribution is -0.116. The molecule has 3 aromatic rings. The van der Waals surface area contributed by atoms with E-state index in [4.69, 9.17) is 4.42 Å². The molecular weight excluding hydrogens is 332 g/mol. The Bertz CT molecular complexity index is 834. The summed E-state index contributed by atoms with van der Waals surface area (Å²) in [7, 11) is 0. The number of amides is 1. The van der Waals surface area contributed by atoms with E-state index in [9.17, 15) is 4.79 Å². The van der Waals surface area contributed by atoms with Crippen LogP contribution in [0.5, 0.6) is 0 Å². The Morgan fingerprint density at radius 3 is 2.60 bits per heavy atom. The molecule has 0 saturated heterocycles. The maximum atomic E-state index is 12.0. The lowest BCUT2D eigenvalue weighted by atomic mass is 10.1. The van der Waals surface area contributed by atoms with E-state index in [2.05, 4.69) is 41.5 Å². The maximum absolute atomic E-state index is 12.0. The molecule has 0 fully saturated rings. The van der Waals surface area contributed by atoms with Crippen molar-refractivity contribution in [1.82, 2.24) is 4.98 Å². The van der Waals surface area contributed by atoms with Gasteiger partial charge in [-0.3, -0.25) is 4.79 Å². The van der Waals surface area contributed by atoms with Crippen LogP contribution in [0.2, 0.25) is 0 Å². The van der Waals surface area contributed by atoms with Crippen LogP contribution in [-0.2, 0) is 24.1 Å². The molecular formula is C20H22N2O2S. The number of aryl methyl sites for hydroxylation is 3. The molecule has 130 valence electrons. The molecule has 3 rings (SSSR count). The van der Waals surface area contributed by atoms with E-state index in [0.717, 1.165) is 29.2 Å². The number of hydrogen-bond donors (Lipinski definition) is 1. The van der Waals surface area contributed by atoms with Gasteiger partial charge in [0.25, 0.3) is 0 Å². The van der Waals surface area contributed by atoms with E-state index >= 15 is 0 Å². The number of anilines is 1. The first kappa shape index (κ1) is 17.4. The van der Waals surface area contributed by atoms with E-state index in [0.29, 0.717) is 18.0 Å². The normalized spacial score (nSPS) is 10.8. The van der Waals surface area contributed by atoms with Gasteiger partial charge in [-0.1, -0.05) is 31.2 Å². The number of rotatable bonds is 7. The Hall–Kier alpha value is -2.40. The Balaban J connectivity index is 1.51. The zero-order chi connectivity index (χ0) is 17.6. The number of thiazole rings is 1. The minimum Gasteiger partial charge on any atom is -0.466 e.